The summed E-state index contributed by atoms with van der Waals surface area (Å²) >= 11 is 9.71. The molecule has 1 aliphatic heterocycles. The van der Waals surface area contributed by atoms with Crippen molar-refractivity contribution >= 4 is 39.1 Å². The van der Waals surface area contributed by atoms with E-state index in [1.54, 1.807) is 18.3 Å². The molecule has 1 aliphatic rings. The molecule has 0 N–H and O–H groups in total. The normalized spacial score (nSPS) is 14.0. The van der Waals surface area contributed by atoms with Crippen LogP contribution >= 0.6 is 27.5 Å². The van der Waals surface area contributed by atoms with Crippen LogP contribution in [0.25, 0.3) is 0 Å². The Hall–Kier alpha value is -2.57. The molecule has 148 valence electrons. The van der Waals surface area contributed by atoms with Crippen LogP contribution in [0.1, 0.15) is 10.4 Å². The summed E-state index contributed by atoms with van der Waals surface area (Å²) in [4.78, 5) is 21.4. The highest BCUT2D eigenvalue weighted by atomic mass is 79.9. The molecule has 1 amide bonds. The Bertz CT molecular complexity index is 1000. The first-order chi connectivity index (χ1) is 14.1. The number of carbonyl (C=O) groups excluding carboxylic acids is 1. The lowest BCUT2D eigenvalue weighted by Gasteiger charge is -2.36. The van der Waals surface area contributed by atoms with Gasteiger partial charge in [-0.2, -0.15) is 0 Å². The number of hydrogen-bond donors (Lipinski definition) is 0. The number of rotatable bonds is 4. The van der Waals surface area contributed by atoms with E-state index in [1.165, 1.54) is 0 Å². The van der Waals surface area contributed by atoms with Gasteiger partial charge in [0.2, 0.25) is 5.88 Å². The van der Waals surface area contributed by atoms with Crippen molar-refractivity contribution in [2.24, 2.45) is 0 Å². The van der Waals surface area contributed by atoms with Crippen LogP contribution in [0.2, 0.25) is 5.02 Å². The number of aromatic nitrogens is 1. The van der Waals surface area contributed by atoms with Gasteiger partial charge in [-0.3, -0.25) is 4.79 Å². The van der Waals surface area contributed by atoms with Crippen LogP contribution in [0.4, 0.5) is 5.69 Å². The second kappa shape index (κ2) is 8.84. The molecule has 0 unspecified atom stereocenters. The molecular weight excluding hydrogens is 454 g/mol. The van der Waals surface area contributed by atoms with E-state index in [4.69, 9.17) is 16.3 Å². The van der Waals surface area contributed by atoms with E-state index in [2.05, 4.69) is 25.8 Å². The van der Waals surface area contributed by atoms with Crippen molar-refractivity contribution in [1.29, 1.82) is 0 Å². The zero-order valence-electron chi connectivity index (χ0n) is 15.6. The second-order valence-electron chi connectivity index (χ2n) is 6.64. The average Bonchev–Trinajstić information content (AvgIpc) is 2.76. The van der Waals surface area contributed by atoms with E-state index in [-0.39, 0.29) is 5.91 Å². The van der Waals surface area contributed by atoms with Crippen LogP contribution in [-0.2, 0) is 0 Å². The minimum atomic E-state index is -0.0796. The zero-order chi connectivity index (χ0) is 20.2. The molecule has 7 heteroatoms. The van der Waals surface area contributed by atoms with Gasteiger partial charge in [0.1, 0.15) is 11.3 Å². The van der Waals surface area contributed by atoms with Crippen LogP contribution in [0.5, 0.6) is 11.6 Å². The van der Waals surface area contributed by atoms with Crippen molar-refractivity contribution in [1.82, 2.24) is 9.88 Å². The van der Waals surface area contributed by atoms with Gasteiger partial charge >= 0.3 is 0 Å². The minimum absolute atomic E-state index is 0.0796. The van der Waals surface area contributed by atoms with Gasteiger partial charge in [-0.25, -0.2) is 4.98 Å². The highest BCUT2D eigenvalue weighted by Gasteiger charge is 2.25. The Labute approximate surface area is 183 Å². The lowest BCUT2D eigenvalue weighted by Crippen LogP contribution is -2.49. The fourth-order valence-corrected chi connectivity index (χ4v) is 3.80. The third-order valence-corrected chi connectivity index (χ3v) is 5.64. The molecule has 0 aliphatic carbocycles. The molecular formula is C22H19BrClN3O2. The number of para-hydroxylation sites is 1. The van der Waals surface area contributed by atoms with E-state index in [9.17, 15) is 4.79 Å². The first-order valence-corrected chi connectivity index (χ1v) is 10.5. The fraction of sp³-hybridized carbons (Fsp3) is 0.182. The minimum Gasteiger partial charge on any atom is -0.438 e. The van der Waals surface area contributed by atoms with Crippen LogP contribution in [0.3, 0.4) is 0 Å². The summed E-state index contributed by atoms with van der Waals surface area (Å²) in [6, 6.07) is 18.7. The quantitative estimate of drug-likeness (QED) is 0.520. The fourth-order valence-electron chi connectivity index (χ4n) is 3.28. The van der Waals surface area contributed by atoms with Crippen molar-refractivity contribution < 1.29 is 9.53 Å². The van der Waals surface area contributed by atoms with Crippen LogP contribution in [0, 0.1) is 0 Å². The van der Waals surface area contributed by atoms with Gasteiger partial charge in [0.05, 0.1) is 10.7 Å². The summed E-state index contributed by atoms with van der Waals surface area (Å²) in [6.45, 7) is 2.66. The highest BCUT2D eigenvalue weighted by Crippen LogP contribution is 2.28. The Morgan fingerprint density at radius 1 is 0.966 bits per heavy atom. The predicted octanol–water partition coefficient (Wildman–Crippen LogP) is 5.25. The molecule has 0 saturated carbocycles. The Morgan fingerprint density at radius 3 is 2.41 bits per heavy atom. The number of piperazine rings is 1. The highest BCUT2D eigenvalue weighted by molar-refractivity contribution is 9.10. The molecule has 3 aromatic rings. The van der Waals surface area contributed by atoms with E-state index >= 15 is 0 Å². The van der Waals surface area contributed by atoms with Crippen molar-refractivity contribution in [3.05, 3.63) is 81.9 Å². The number of nitrogens with zero attached hydrogens (tertiary/aromatic N) is 3. The average molecular weight is 473 g/mol. The summed E-state index contributed by atoms with van der Waals surface area (Å²) in [5, 5.41) is 0.727. The molecule has 0 spiro atoms. The van der Waals surface area contributed by atoms with Gasteiger partial charge in [-0.15, -0.1) is 0 Å². The standard InChI is InChI=1S/C22H19BrClN3O2/c23-16-7-9-17(10-8-16)29-21-18(4-3-11-25-21)22(28)27-14-12-26(13-15-27)20-6-2-1-5-19(20)24/h1-11H,12-15H2. The van der Waals surface area contributed by atoms with E-state index < -0.39 is 0 Å². The molecule has 29 heavy (non-hydrogen) atoms. The topological polar surface area (TPSA) is 45.7 Å². The van der Waals surface area contributed by atoms with Gasteiger partial charge in [0.15, 0.2) is 0 Å². The molecule has 0 atom stereocenters. The summed E-state index contributed by atoms with van der Waals surface area (Å²) in [7, 11) is 0. The largest absolute Gasteiger partial charge is 0.438 e. The molecule has 0 bridgehead atoms. The van der Waals surface area contributed by atoms with E-state index in [1.807, 2.05) is 53.4 Å². The van der Waals surface area contributed by atoms with Crippen LogP contribution in [-0.4, -0.2) is 42.0 Å². The molecule has 2 aromatic carbocycles. The van der Waals surface area contributed by atoms with Gasteiger partial charge in [-0.05, 0) is 48.5 Å². The lowest BCUT2D eigenvalue weighted by molar-refractivity contribution is 0.0743. The number of hydrogen-bond acceptors (Lipinski definition) is 4. The molecule has 4 rings (SSSR count). The number of ether oxygens (including phenoxy) is 1. The van der Waals surface area contributed by atoms with Gasteiger partial charge < -0.3 is 14.5 Å². The maximum absolute atomic E-state index is 13.1. The zero-order valence-corrected chi connectivity index (χ0v) is 17.9. The number of amides is 1. The maximum atomic E-state index is 13.1. The number of halogens is 2. The number of anilines is 1. The van der Waals surface area contributed by atoms with Crippen LogP contribution < -0.4 is 9.64 Å². The summed E-state index contributed by atoms with van der Waals surface area (Å²) < 4.78 is 6.83. The molecule has 1 fully saturated rings. The molecule has 1 aromatic heterocycles. The Balaban J connectivity index is 1.47. The predicted molar refractivity (Wildman–Crippen MR) is 118 cm³/mol. The third-order valence-electron chi connectivity index (χ3n) is 4.79. The smallest absolute Gasteiger partial charge is 0.259 e. The molecule has 5 nitrogen and oxygen atoms in total. The van der Waals surface area contributed by atoms with Crippen molar-refractivity contribution in [2.45, 2.75) is 0 Å². The van der Waals surface area contributed by atoms with Crippen molar-refractivity contribution in [2.75, 3.05) is 31.1 Å². The van der Waals surface area contributed by atoms with Crippen molar-refractivity contribution in [3.63, 3.8) is 0 Å². The van der Waals surface area contributed by atoms with E-state index in [0.717, 1.165) is 28.3 Å². The SMILES string of the molecule is O=C(c1cccnc1Oc1ccc(Br)cc1)N1CCN(c2ccccc2Cl)CC1. The second-order valence-corrected chi connectivity index (χ2v) is 7.97. The van der Waals surface area contributed by atoms with Crippen LogP contribution in [0.15, 0.2) is 71.3 Å². The summed E-state index contributed by atoms with van der Waals surface area (Å²) in [6.07, 6.45) is 1.63. The Morgan fingerprint density at radius 2 is 1.69 bits per heavy atom. The number of benzene rings is 2. The van der Waals surface area contributed by atoms with Gasteiger partial charge in [0, 0.05) is 36.8 Å². The summed E-state index contributed by atoms with van der Waals surface area (Å²) in [5.74, 6) is 0.863. The Kier molecular flexibility index (Phi) is 6.02. The summed E-state index contributed by atoms with van der Waals surface area (Å²) in [5.41, 5.74) is 1.46. The molecule has 1 saturated heterocycles. The monoisotopic (exact) mass is 471 g/mol. The molecule has 0 radical (unpaired) electrons. The van der Waals surface area contributed by atoms with Gasteiger partial charge in [0.25, 0.3) is 5.91 Å². The third kappa shape index (κ3) is 4.54. The van der Waals surface area contributed by atoms with E-state index in [0.29, 0.717) is 30.3 Å². The first-order valence-electron chi connectivity index (χ1n) is 9.29. The number of pyridine rings is 1. The maximum Gasteiger partial charge on any atom is 0.259 e. The lowest BCUT2D eigenvalue weighted by atomic mass is 10.2. The first kappa shape index (κ1) is 19.7. The van der Waals surface area contributed by atoms with Crippen molar-refractivity contribution in [3.8, 4) is 11.6 Å². The number of carbonyl (C=O) groups is 1. The van der Waals surface area contributed by atoms with Gasteiger partial charge in [-0.1, -0.05) is 39.7 Å². The molecule has 2 heterocycles.